The predicted molar refractivity (Wildman–Crippen MR) is 169 cm³/mol. The van der Waals surface area contributed by atoms with Crippen LogP contribution in [-0.4, -0.2) is 54.5 Å². The van der Waals surface area contributed by atoms with Crippen LogP contribution in [0.1, 0.15) is 38.8 Å². The predicted octanol–water partition coefficient (Wildman–Crippen LogP) is 6.12. The Hall–Kier alpha value is -5.64. The largest absolute Gasteiger partial charge is 0.492 e. The second-order valence-electron chi connectivity index (χ2n) is 10.5. The van der Waals surface area contributed by atoms with Crippen LogP contribution in [0.15, 0.2) is 97.1 Å². The van der Waals surface area contributed by atoms with Crippen molar-refractivity contribution in [1.29, 1.82) is 0 Å². The van der Waals surface area contributed by atoms with Crippen molar-refractivity contribution in [3.8, 4) is 11.5 Å². The first-order valence-electron chi connectivity index (χ1n) is 14.8. The number of aromatic nitrogens is 4. The highest BCUT2D eigenvalue weighted by Gasteiger charge is 2.14. The third kappa shape index (κ3) is 6.80. The molecule has 0 atom stereocenters. The van der Waals surface area contributed by atoms with Crippen LogP contribution < -0.4 is 9.47 Å². The summed E-state index contributed by atoms with van der Waals surface area (Å²) in [5.41, 5.74) is 4.38. The molecule has 10 nitrogen and oxygen atoms in total. The zero-order chi connectivity index (χ0) is 31.2. The first kappa shape index (κ1) is 29.4. The molecular weight excluding hydrogens is 572 g/mol. The molecule has 2 aromatic heterocycles. The second-order valence-corrected chi connectivity index (χ2v) is 10.5. The van der Waals surface area contributed by atoms with Crippen LogP contribution in [0.3, 0.4) is 0 Å². The van der Waals surface area contributed by atoms with E-state index in [9.17, 15) is 9.59 Å². The Bertz CT molecular complexity index is 1800. The lowest BCUT2D eigenvalue weighted by atomic mass is 10.2. The van der Waals surface area contributed by atoms with Gasteiger partial charge in [-0.1, -0.05) is 24.3 Å². The monoisotopic (exact) mass is 604 g/mol. The van der Waals surface area contributed by atoms with E-state index in [0.29, 0.717) is 37.8 Å². The maximum Gasteiger partial charge on any atom is 0.335 e. The molecule has 0 aliphatic heterocycles. The summed E-state index contributed by atoms with van der Waals surface area (Å²) in [4.78, 5) is 32.1. The molecule has 0 bridgehead atoms. The minimum absolute atomic E-state index is 0.221. The number of nitrogens with zero attached hydrogens (tertiary/aromatic N) is 4. The highest BCUT2D eigenvalue weighted by Crippen LogP contribution is 2.21. The summed E-state index contributed by atoms with van der Waals surface area (Å²) in [6.45, 7) is 2.02. The van der Waals surface area contributed by atoms with Gasteiger partial charge >= 0.3 is 11.9 Å². The molecular formula is C35H32N4O6. The number of aryl methyl sites for hydroxylation is 2. The summed E-state index contributed by atoms with van der Waals surface area (Å²) in [6.07, 6.45) is 2.33. The molecule has 0 fully saturated rings. The Balaban J connectivity index is 1.12. The van der Waals surface area contributed by atoms with E-state index in [0.717, 1.165) is 53.0 Å². The van der Waals surface area contributed by atoms with Crippen molar-refractivity contribution in [1.82, 2.24) is 19.1 Å². The van der Waals surface area contributed by atoms with Gasteiger partial charge in [0.25, 0.3) is 0 Å². The van der Waals surface area contributed by atoms with Gasteiger partial charge < -0.3 is 28.8 Å². The number of rotatable bonds is 14. The first-order chi connectivity index (χ1) is 22.0. The number of hydrogen-bond acceptors (Lipinski definition) is 6. The average molecular weight is 605 g/mol. The van der Waals surface area contributed by atoms with E-state index in [1.807, 2.05) is 36.4 Å². The van der Waals surface area contributed by atoms with E-state index >= 15 is 0 Å². The normalized spacial score (nSPS) is 11.2. The number of aromatic carboxylic acids is 2. The molecule has 2 heterocycles. The zero-order valence-electron chi connectivity index (χ0n) is 24.5. The van der Waals surface area contributed by atoms with Gasteiger partial charge in [-0.3, -0.25) is 0 Å². The highest BCUT2D eigenvalue weighted by molar-refractivity contribution is 5.88. The number of carboxylic acid groups (broad SMARTS) is 2. The fraction of sp³-hybridized carbons (Fsp3) is 0.200. The molecule has 0 spiro atoms. The van der Waals surface area contributed by atoms with Crippen molar-refractivity contribution in [3.05, 3.63) is 120 Å². The van der Waals surface area contributed by atoms with Gasteiger partial charge in [-0.05, 0) is 79.2 Å². The van der Waals surface area contributed by atoms with Gasteiger partial charge in [0.05, 0.1) is 46.3 Å². The molecule has 6 rings (SSSR count). The summed E-state index contributed by atoms with van der Waals surface area (Å²) < 4.78 is 16.2. The molecule has 0 amide bonds. The van der Waals surface area contributed by atoms with Gasteiger partial charge in [0.1, 0.15) is 36.4 Å². The maximum atomic E-state index is 11.1. The fourth-order valence-electron chi connectivity index (χ4n) is 5.43. The van der Waals surface area contributed by atoms with E-state index in [2.05, 4.69) is 21.3 Å². The van der Waals surface area contributed by atoms with Crippen LogP contribution in [0, 0.1) is 0 Å². The molecule has 4 aromatic carbocycles. The van der Waals surface area contributed by atoms with Crippen LogP contribution in [0.5, 0.6) is 11.5 Å². The molecule has 10 heteroatoms. The second kappa shape index (κ2) is 13.3. The highest BCUT2D eigenvalue weighted by atomic mass is 16.5. The number of carbonyl (C=O) groups is 2. The Morgan fingerprint density at radius 3 is 1.38 bits per heavy atom. The van der Waals surface area contributed by atoms with Crippen LogP contribution in [0.2, 0.25) is 0 Å². The lowest BCUT2D eigenvalue weighted by molar-refractivity contribution is 0.0686. The average Bonchev–Trinajstić information content (AvgIpc) is 3.59. The summed E-state index contributed by atoms with van der Waals surface area (Å²) in [5, 5.41) is 18.3. The molecule has 0 aliphatic rings. The Morgan fingerprint density at radius 1 is 0.578 bits per heavy atom. The van der Waals surface area contributed by atoms with Gasteiger partial charge in [0.15, 0.2) is 0 Å². The van der Waals surface area contributed by atoms with E-state index in [4.69, 9.17) is 29.7 Å². The molecule has 6 aromatic rings. The van der Waals surface area contributed by atoms with Crippen LogP contribution in [-0.2, 0) is 25.9 Å². The zero-order valence-corrected chi connectivity index (χ0v) is 24.5. The van der Waals surface area contributed by atoms with Crippen molar-refractivity contribution < 1.29 is 29.3 Å². The van der Waals surface area contributed by atoms with E-state index in [-0.39, 0.29) is 11.1 Å². The van der Waals surface area contributed by atoms with Crippen molar-refractivity contribution in [2.24, 2.45) is 0 Å². The van der Waals surface area contributed by atoms with Crippen molar-refractivity contribution in [3.63, 3.8) is 0 Å². The topological polar surface area (TPSA) is 129 Å². The molecule has 0 unspecified atom stereocenters. The number of ether oxygens (including phenoxy) is 2. The van der Waals surface area contributed by atoms with E-state index < -0.39 is 11.9 Å². The molecule has 0 saturated heterocycles. The summed E-state index contributed by atoms with van der Waals surface area (Å²) in [6, 6.07) is 28.9. The van der Waals surface area contributed by atoms with Gasteiger partial charge in [-0.2, -0.15) is 0 Å². The molecule has 0 radical (unpaired) electrons. The fourth-order valence-corrected chi connectivity index (χ4v) is 5.43. The third-order valence-corrected chi connectivity index (χ3v) is 7.64. The number of fused-ring (bicyclic) bond motifs is 2. The van der Waals surface area contributed by atoms with Gasteiger partial charge in [-0.25, -0.2) is 19.6 Å². The standard InChI is InChI=1S/C35H32N4O6/c40-34(41)24-12-16-26(17-13-24)44-22-20-38-30-8-3-1-6-28(30)36-32(38)10-5-11-33-37-29-7-2-4-9-31(29)39(33)21-23-45-27-18-14-25(15-19-27)35(42)43/h1-4,6-9,12-19H,5,10-11,20-23H2,(H,40,41)(H,42,43). The Morgan fingerprint density at radius 2 is 0.978 bits per heavy atom. The lowest BCUT2D eigenvalue weighted by Crippen LogP contribution is -2.13. The molecule has 228 valence electrons. The Labute approximate surface area is 259 Å². The number of para-hydroxylation sites is 4. The molecule has 0 saturated carbocycles. The minimum Gasteiger partial charge on any atom is -0.492 e. The number of carboxylic acids is 2. The SMILES string of the molecule is O=C(O)c1ccc(OCCn2c(CCCc3nc4ccccc4n3CCOc3ccc(C(=O)O)cc3)nc3ccccc32)cc1. The minimum atomic E-state index is -0.968. The summed E-state index contributed by atoms with van der Waals surface area (Å²) in [7, 11) is 0. The first-order valence-corrected chi connectivity index (χ1v) is 14.8. The maximum absolute atomic E-state index is 11.1. The number of benzene rings is 4. The van der Waals surface area contributed by atoms with Crippen molar-refractivity contribution >= 4 is 34.0 Å². The van der Waals surface area contributed by atoms with Crippen molar-refractivity contribution in [2.75, 3.05) is 13.2 Å². The smallest absolute Gasteiger partial charge is 0.335 e. The third-order valence-electron chi connectivity index (χ3n) is 7.64. The van der Waals surface area contributed by atoms with Crippen LogP contribution >= 0.6 is 0 Å². The van der Waals surface area contributed by atoms with Crippen LogP contribution in [0.4, 0.5) is 0 Å². The quantitative estimate of drug-likeness (QED) is 0.152. The number of hydrogen-bond donors (Lipinski definition) is 2. The molecule has 45 heavy (non-hydrogen) atoms. The van der Waals surface area contributed by atoms with E-state index in [1.165, 1.54) is 24.3 Å². The van der Waals surface area contributed by atoms with Crippen LogP contribution in [0.25, 0.3) is 22.1 Å². The van der Waals surface area contributed by atoms with Gasteiger partial charge in [-0.15, -0.1) is 0 Å². The van der Waals surface area contributed by atoms with Crippen molar-refractivity contribution in [2.45, 2.75) is 32.4 Å². The summed E-state index contributed by atoms with van der Waals surface area (Å²) in [5.74, 6) is 1.24. The van der Waals surface area contributed by atoms with Gasteiger partial charge in [0.2, 0.25) is 0 Å². The van der Waals surface area contributed by atoms with Gasteiger partial charge in [0, 0.05) is 12.8 Å². The lowest BCUT2D eigenvalue weighted by Gasteiger charge is -2.12. The molecule has 2 N–H and O–H groups in total. The number of imidazole rings is 2. The molecule has 0 aliphatic carbocycles. The Kier molecular flexibility index (Phi) is 8.72. The summed E-state index contributed by atoms with van der Waals surface area (Å²) >= 11 is 0. The van der Waals surface area contributed by atoms with E-state index in [1.54, 1.807) is 24.3 Å².